The number of allylic oxidation sites excluding steroid dienone is 3. The number of methoxy groups -OCH3 is 2. The van der Waals surface area contributed by atoms with Crippen molar-refractivity contribution in [3.63, 3.8) is 0 Å². The smallest absolute Gasteiger partial charge is 0.158 e. The molecule has 1 rings (SSSR count). The highest BCUT2D eigenvalue weighted by molar-refractivity contribution is 14.1. The summed E-state index contributed by atoms with van der Waals surface area (Å²) in [6.45, 7) is 0. The van der Waals surface area contributed by atoms with Gasteiger partial charge in [0, 0.05) is 0 Å². The van der Waals surface area contributed by atoms with Crippen molar-refractivity contribution in [1.29, 1.82) is 0 Å². The van der Waals surface area contributed by atoms with E-state index < -0.39 is 0 Å². The van der Waals surface area contributed by atoms with Gasteiger partial charge in [0.05, 0.1) is 18.1 Å². The molecule has 1 aliphatic rings. The lowest BCUT2D eigenvalue weighted by molar-refractivity contribution is 0.223. The summed E-state index contributed by atoms with van der Waals surface area (Å²) in [5.41, 5.74) is 0. The van der Waals surface area contributed by atoms with Gasteiger partial charge in [0.1, 0.15) is 0 Å². The molecule has 0 aromatic carbocycles. The van der Waals surface area contributed by atoms with Crippen LogP contribution in [0.15, 0.2) is 21.2 Å². The molecular formula is C8H10I2O2. The summed E-state index contributed by atoms with van der Waals surface area (Å²) < 4.78 is 12.2. The van der Waals surface area contributed by atoms with Crippen molar-refractivity contribution in [2.45, 2.75) is 10.3 Å². The van der Waals surface area contributed by atoms with Crippen molar-refractivity contribution in [2.24, 2.45) is 0 Å². The molecule has 0 saturated carbocycles. The second-order valence-electron chi connectivity index (χ2n) is 2.40. The van der Waals surface area contributed by atoms with E-state index in [0.717, 1.165) is 17.9 Å². The predicted octanol–water partition coefficient (Wildman–Crippen LogP) is 3.02. The van der Waals surface area contributed by atoms with E-state index in [1.807, 2.05) is 6.08 Å². The topological polar surface area (TPSA) is 18.5 Å². The van der Waals surface area contributed by atoms with Gasteiger partial charge < -0.3 is 9.47 Å². The SMILES string of the molecule is COC1=C(OC)C(I)CC(I)=C1. The number of ether oxygens (including phenoxy) is 2. The van der Waals surface area contributed by atoms with Gasteiger partial charge in [0.25, 0.3) is 0 Å². The van der Waals surface area contributed by atoms with Crippen LogP contribution >= 0.6 is 45.2 Å². The molecule has 2 nitrogen and oxygen atoms in total. The number of halogens is 2. The van der Waals surface area contributed by atoms with Crippen LogP contribution in [0.5, 0.6) is 0 Å². The molecule has 68 valence electrons. The third-order valence-corrected chi connectivity index (χ3v) is 3.39. The average Bonchev–Trinajstić information content (AvgIpc) is 2.03. The maximum Gasteiger partial charge on any atom is 0.158 e. The monoisotopic (exact) mass is 392 g/mol. The van der Waals surface area contributed by atoms with Crippen molar-refractivity contribution >= 4 is 45.2 Å². The van der Waals surface area contributed by atoms with Gasteiger partial charge in [-0.1, -0.05) is 22.6 Å². The zero-order valence-electron chi connectivity index (χ0n) is 6.93. The third kappa shape index (κ3) is 2.27. The minimum absolute atomic E-state index is 0.402. The Morgan fingerprint density at radius 2 is 2.08 bits per heavy atom. The van der Waals surface area contributed by atoms with E-state index in [1.54, 1.807) is 14.2 Å². The molecule has 0 aromatic heterocycles. The van der Waals surface area contributed by atoms with E-state index in [0.29, 0.717) is 3.92 Å². The molecule has 0 spiro atoms. The number of hydrogen-bond acceptors (Lipinski definition) is 2. The Bertz CT molecular complexity index is 233. The lowest BCUT2D eigenvalue weighted by atomic mass is 10.1. The van der Waals surface area contributed by atoms with Crippen LogP contribution in [-0.4, -0.2) is 18.1 Å². The number of alkyl halides is 1. The average molecular weight is 392 g/mol. The molecule has 0 heterocycles. The standard InChI is InChI=1S/C8H10I2O2/c1-11-7-4-5(9)3-6(10)8(7)12-2/h4,6H,3H2,1-2H3. The Morgan fingerprint density at radius 1 is 1.42 bits per heavy atom. The molecule has 0 aromatic rings. The number of hydrogen-bond donors (Lipinski definition) is 0. The van der Waals surface area contributed by atoms with E-state index in [1.165, 1.54) is 3.58 Å². The van der Waals surface area contributed by atoms with Gasteiger partial charge in [-0.15, -0.1) is 0 Å². The molecule has 0 saturated heterocycles. The lowest BCUT2D eigenvalue weighted by Crippen LogP contribution is -2.12. The Morgan fingerprint density at radius 3 is 2.58 bits per heavy atom. The van der Waals surface area contributed by atoms with Crippen LogP contribution in [0.1, 0.15) is 6.42 Å². The fourth-order valence-corrected chi connectivity index (χ4v) is 3.68. The van der Waals surface area contributed by atoms with Crippen LogP contribution in [0.2, 0.25) is 0 Å². The molecule has 1 atom stereocenters. The lowest BCUT2D eigenvalue weighted by Gasteiger charge is -2.20. The van der Waals surface area contributed by atoms with Crippen molar-refractivity contribution in [2.75, 3.05) is 14.2 Å². The zero-order chi connectivity index (χ0) is 9.14. The van der Waals surface area contributed by atoms with Gasteiger partial charge in [-0.2, -0.15) is 0 Å². The molecule has 0 radical (unpaired) electrons. The molecule has 0 aliphatic heterocycles. The van der Waals surface area contributed by atoms with Gasteiger partial charge >= 0.3 is 0 Å². The molecule has 0 N–H and O–H groups in total. The van der Waals surface area contributed by atoms with Crippen LogP contribution in [0.3, 0.4) is 0 Å². The van der Waals surface area contributed by atoms with E-state index in [-0.39, 0.29) is 0 Å². The van der Waals surface area contributed by atoms with Gasteiger partial charge in [0.2, 0.25) is 0 Å². The maximum atomic E-state index is 5.25. The molecule has 0 fully saturated rings. The first-order valence-electron chi connectivity index (χ1n) is 3.51. The van der Waals surface area contributed by atoms with Crippen LogP contribution < -0.4 is 0 Å². The molecular weight excluding hydrogens is 382 g/mol. The van der Waals surface area contributed by atoms with Gasteiger partial charge in [-0.05, 0) is 38.7 Å². The van der Waals surface area contributed by atoms with Crippen LogP contribution in [0.4, 0.5) is 0 Å². The first kappa shape index (κ1) is 10.6. The molecule has 4 heteroatoms. The fourth-order valence-electron chi connectivity index (χ4n) is 1.08. The Hall–Kier alpha value is 0.540. The van der Waals surface area contributed by atoms with Crippen molar-refractivity contribution in [1.82, 2.24) is 0 Å². The largest absolute Gasteiger partial charge is 0.496 e. The molecule has 0 bridgehead atoms. The van der Waals surface area contributed by atoms with Crippen LogP contribution in [0.25, 0.3) is 0 Å². The Labute approximate surface area is 99.7 Å². The Kier molecular flexibility index (Phi) is 4.15. The summed E-state index contributed by atoms with van der Waals surface area (Å²) in [6.07, 6.45) is 3.06. The van der Waals surface area contributed by atoms with Crippen molar-refractivity contribution < 1.29 is 9.47 Å². The highest BCUT2D eigenvalue weighted by Gasteiger charge is 2.22. The van der Waals surface area contributed by atoms with E-state index >= 15 is 0 Å². The first-order valence-corrected chi connectivity index (χ1v) is 5.83. The summed E-state index contributed by atoms with van der Waals surface area (Å²) in [6, 6.07) is 0. The van der Waals surface area contributed by atoms with Gasteiger partial charge in [-0.25, -0.2) is 0 Å². The van der Waals surface area contributed by atoms with Crippen LogP contribution in [0, 0.1) is 0 Å². The second kappa shape index (κ2) is 4.69. The minimum atomic E-state index is 0.402. The second-order valence-corrected chi connectivity index (χ2v) is 5.29. The highest BCUT2D eigenvalue weighted by Crippen LogP contribution is 2.33. The van der Waals surface area contributed by atoms with E-state index in [4.69, 9.17) is 9.47 Å². The van der Waals surface area contributed by atoms with Crippen molar-refractivity contribution in [3.05, 3.63) is 21.2 Å². The molecule has 0 amide bonds. The van der Waals surface area contributed by atoms with Crippen LogP contribution in [-0.2, 0) is 9.47 Å². The molecule has 1 unspecified atom stereocenters. The summed E-state index contributed by atoms with van der Waals surface area (Å²) in [4.78, 5) is 0. The van der Waals surface area contributed by atoms with Gasteiger partial charge in [-0.3, -0.25) is 0 Å². The van der Waals surface area contributed by atoms with E-state index in [2.05, 4.69) is 45.2 Å². The quantitative estimate of drug-likeness (QED) is 0.532. The summed E-state index contributed by atoms with van der Waals surface area (Å²) >= 11 is 4.69. The predicted molar refractivity (Wildman–Crippen MR) is 65.6 cm³/mol. The normalized spacial score (nSPS) is 23.7. The summed E-state index contributed by atoms with van der Waals surface area (Å²) in [7, 11) is 3.36. The first-order chi connectivity index (χ1) is 5.69. The van der Waals surface area contributed by atoms with Crippen molar-refractivity contribution in [3.8, 4) is 0 Å². The highest BCUT2D eigenvalue weighted by atomic mass is 127. The molecule has 1 aliphatic carbocycles. The van der Waals surface area contributed by atoms with E-state index in [9.17, 15) is 0 Å². The summed E-state index contributed by atoms with van der Waals surface area (Å²) in [5.74, 6) is 1.80. The Balaban J connectivity index is 2.96. The third-order valence-electron chi connectivity index (χ3n) is 1.63. The van der Waals surface area contributed by atoms with Gasteiger partial charge in [0.15, 0.2) is 11.5 Å². The minimum Gasteiger partial charge on any atom is -0.496 e. The molecule has 12 heavy (non-hydrogen) atoms. The zero-order valence-corrected chi connectivity index (χ0v) is 11.2. The maximum absolute atomic E-state index is 5.25. The summed E-state index contributed by atoms with van der Waals surface area (Å²) in [5, 5.41) is 0. The number of rotatable bonds is 2. The fraction of sp³-hybridized carbons (Fsp3) is 0.500.